The second-order valence-corrected chi connectivity index (χ2v) is 5.48. The van der Waals surface area contributed by atoms with Gasteiger partial charge in [-0.25, -0.2) is 0 Å². The van der Waals surface area contributed by atoms with Crippen molar-refractivity contribution in [3.05, 3.63) is 24.3 Å². The fourth-order valence-electron chi connectivity index (χ4n) is 2.52. The smallest absolute Gasteiger partial charge is 0.0323 e. The van der Waals surface area contributed by atoms with Crippen molar-refractivity contribution in [3.8, 4) is 0 Å². The molecule has 0 fully saturated rings. The Labute approximate surface area is 108 Å². The minimum Gasteiger partial charge on any atom is -0.0999 e. The molecule has 0 bridgehead atoms. The molecule has 1 aliphatic carbocycles. The maximum Gasteiger partial charge on any atom is -0.0323 e. The molecule has 0 aromatic heterocycles. The molecule has 0 N–H and O–H groups in total. The second-order valence-electron chi connectivity index (χ2n) is 5.48. The highest BCUT2D eigenvalue weighted by Gasteiger charge is 1.97. The molecule has 0 saturated carbocycles. The summed E-state index contributed by atoms with van der Waals surface area (Å²) in [6.07, 6.45) is 22.5. The molecule has 0 unspecified atom stereocenters. The van der Waals surface area contributed by atoms with E-state index in [1.165, 1.54) is 89.0 Å². The first kappa shape index (κ1) is 14.5. The first-order valence-corrected chi connectivity index (χ1v) is 7.71. The third-order valence-electron chi connectivity index (χ3n) is 3.72. The zero-order valence-corrected chi connectivity index (χ0v) is 11.6. The molecule has 0 saturated heterocycles. The molecule has 17 heavy (non-hydrogen) atoms. The van der Waals surface area contributed by atoms with Gasteiger partial charge in [0, 0.05) is 0 Å². The van der Waals surface area contributed by atoms with Crippen molar-refractivity contribution in [1.82, 2.24) is 0 Å². The molecule has 0 spiro atoms. The average molecular weight is 234 g/mol. The van der Waals surface area contributed by atoms with E-state index in [1.807, 2.05) is 0 Å². The van der Waals surface area contributed by atoms with Crippen molar-refractivity contribution in [2.75, 3.05) is 0 Å². The average Bonchev–Trinajstić information content (AvgIpc) is 2.32. The van der Waals surface area contributed by atoms with E-state index in [1.54, 1.807) is 0 Å². The van der Waals surface area contributed by atoms with Crippen molar-refractivity contribution >= 4 is 0 Å². The third-order valence-corrected chi connectivity index (χ3v) is 3.72. The Hall–Kier alpha value is -0.520. The van der Waals surface area contributed by atoms with Crippen LogP contribution in [0.2, 0.25) is 0 Å². The Bertz CT molecular complexity index is 212. The fourth-order valence-corrected chi connectivity index (χ4v) is 2.52. The summed E-state index contributed by atoms with van der Waals surface area (Å²) < 4.78 is 0. The molecule has 0 radical (unpaired) electrons. The molecular formula is C17H30. The first-order chi connectivity index (χ1) is 8.39. The lowest BCUT2D eigenvalue weighted by atomic mass is 10.0. The summed E-state index contributed by atoms with van der Waals surface area (Å²) in [5.41, 5.74) is 1.50. The van der Waals surface area contributed by atoms with Gasteiger partial charge in [0.25, 0.3) is 0 Å². The first-order valence-electron chi connectivity index (χ1n) is 7.71. The van der Waals surface area contributed by atoms with E-state index in [4.69, 9.17) is 0 Å². The topological polar surface area (TPSA) is 0 Å². The Morgan fingerprint density at radius 2 is 1.00 bits per heavy atom. The molecule has 98 valence electrons. The van der Waals surface area contributed by atoms with Crippen LogP contribution in [0.1, 0.15) is 83.5 Å². The zero-order chi connectivity index (χ0) is 12.2. The van der Waals surface area contributed by atoms with Gasteiger partial charge in [0.05, 0.1) is 0 Å². The van der Waals surface area contributed by atoms with E-state index in [9.17, 15) is 0 Å². The number of hydrogen-bond donors (Lipinski definition) is 0. The maximum atomic E-state index is 4.21. The van der Waals surface area contributed by atoms with Crippen LogP contribution in [-0.2, 0) is 0 Å². The Kier molecular flexibility index (Phi) is 9.09. The summed E-state index contributed by atoms with van der Waals surface area (Å²) >= 11 is 0. The van der Waals surface area contributed by atoms with Crippen molar-refractivity contribution in [3.63, 3.8) is 0 Å². The molecule has 1 aliphatic rings. The summed E-state index contributed by atoms with van der Waals surface area (Å²) in [7, 11) is 0. The van der Waals surface area contributed by atoms with E-state index in [2.05, 4.69) is 18.7 Å². The molecule has 0 heterocycles. The van der Waals surface area contributed by atoms with Gasteiger partial charge in [0.1, 0.15) is 0 Å². The minimum absolute atomic E-state index is 1.27. The van der Waals surface area contributed by atoms with Crippen LogP contribution in [0.15, 0.2) is 24.3 Å². The lowest BCUT2D eigenvalue weighted by molar-refractivity contribution is 0.595. The predicted octanol–water partition coefficient (Wildman–Crippen LogP) is 6.18. The SMILES string of the molecule is C=C1CCCCCC/C=C\CCCCCCC1. The van der Waals surface area contributed by atoms with E-state index in [-0.39, 0.29) is 0 Å². The van der Waals surface area contributed by atoms with Crippen LogP contribution in [0.3, 0.4) is 0 Å². The van der Waals surface area contributed by atoms with Gasteiger partial charge < -0.3 is 0 Å². The monoisotopic (exact) mass is 234 g/mol. The Morgan fingerprint density at radius 1 is 0.588 bits per heavy atom. The molecular weight excluding hydrogens is 204 g/mol. The fraction of sp³-hybridized carbons (Fsp3) is 0.765. The normalized spacial score (nSPS) is 24.4. The molecule has 0 aromatic carbocycles. The minimum atomic E-state index is 1.27. The largest absolute Gasteiger partial charge is 0.0999 e. The van der Waals surface area contributed by atoms with Crippen LogP contribution in [0.5, 0.6) is 0 Å². The van der Waals surface area contributed by atoms with Gasteiger partial charge in [-0.1, -0.05) is 56.4 Å². The lowest BCUT2D eigenvalue weighted by Crippen LogP contribution is -1.86. The second kappa shape index (κ2) is 10.6. The Morgan fingerprint density at radius 3 is 1.53 bits per heavy atom. The van der Waals surface area contributed by atoms with Gasteiger partial charge >= 0.3 is 0 Å². The van der Waals surface area contributed by atoms with E-state index >= 15 is 0 Å². The lowest BCUT2D eigenvalue weighted by Gasteiger charge is -2.06. The summed E-state index contributed by atoms with van der Waals surface area (Å²) in [5.74, 6) is 0. The van der Waals surface area contributed by atoms with Gasteiger partial charge in [0.15, 0.2) is 0 Å². The number of allylic oxidation sites excluding steroid dienone is 3. The summed E-state index contributed by atoms with van der Waals surface area (Å²) in [6.45, 7) is 4.21. The van der Waals surface area contributed by atoms with Gasteiger partial charge in [-0.2, -0.15) is 0 Å². The molecule has 0 amide bonds. The van der Waals surface area contributed by atoms with E-state index < -0.39 is 0 Å². The summed E-state index contributed by atoms with van der Waals surface area (Å²) in [4.78, 5) is 0. The molecule has 0 aliphatic heterocycles. The van der Waals surface area contributed by atoms with Gasteiger partial charge in [-0.15, -0.1) is 0 Å². The predicted molar refractivity (Wildman–Crippen MR) is 78.3 cm³/mol. The van der Waals surface area contributed by atoms with Crippen LogP contribution >= 0.6 is 0 Å². The van der Waals surface area contributed by atoms with Crippen molar-refractivity contribution in [1.29, 1.82) is 0 Å². The molecule has 1 rings (SSSR count). The molecule has 0 atom stereocenters. The summed E-state index contributed by atoms with van der Waals surface area (Å²) in [6, 6.07) is 0. The number of hydrogen-bond acceptors (Lipinski definition) is 0. The van der Waals surface area contributed by atoms with Crippen molar-refractivity contribution < 1.29 is 0 Å². The van der Waals surface area contributed by atoms with Gasteiger partial charge in [-0.3, -0.25) is 0 Å². The van der Waals surface area contributed by atoms with Gasteiger partial charge in [0.2, 0.25) is 0 Å². The van der Waals surface area contributed by atoms with Crippen molar-refractivity contribution in [2.45, 2.75) is 83.5 Å². The van der Waals surface area contributed by atoms with E-state index in [0.717, 1.165) is 0 Å². The summed E-state index contributed by atoms with van der Waals surface area (Å²) in [5, 5.41) is 0. The Balaban J connectivity index is 2.18. The van der Waals surface area contributed by atoms with Crippen LogP contribution in [0.25, 0.3) is 0 Å². The highest BCUT2D eigenvalue weighted by atomic mass is 14.0. The van der Waals surface area contributed by atoms with Gasteiger partial charge in [-0.05, 0) is 51.4 Å². The standard InChI is InChI=1S/C17H30/c1-17-15-13-11-9-7-5-3-2-4-6-8-10-12-14-16-17/h2-3H,1,4-16H2/b3-2-. The van der Waals surface area contributed by atoms with Crippen LogP contribution in [0, 0.1) is 0 Å². The van der Waals surface area contributed by atoms with Crippen LogP contribution < -0.4 is 0 Å². The maximum absolute atomic E-state index is 4.21. The quantitative estimate of drug-likeness (QED) is 0.439. The molecule has 0 heteroatoms. The number of rotatable bonds is 0. The van der Waals surface area contributed by atoms with Crippen molar-refractivity contribution in [2.24, 2.45) is 0 Å². The highest BCUT2D eigenvalue weighted by molar-refractivity contribution is 4.93. The highest BCUT2D eigenvalue weighted by Crippen LogP contribution is 2.17. The molecule has 0 nitrogen and oxygen atoms in total. The zero-order valence-electron chi connectivity index (χ0n) is 11.6. The third kappa shape index (κ3) is 9.21. The molecule has 0 aromatic rings. The van der Waals surface area contributed by atoms with Crippen LogP contribution in [-0.4, -0.2) is 0 Å². The van der Waals surface area contributed by atoms with Crippen LogP contribution in [0.4, 0.5) is 0 Å². The van der Waals surface area contributed by atoms with E-state index in [0.29, 0.717) is 0 Å².